The van der Waals surface area contributed by atoms with Crippen LogP contribution in [-0.4, -0.2) is 47.6 Å². The summed E-state index contributed by atoms with van der Waals surface area (Å²) in [6, 6.07) is 6.05. The van der Waals surface area contributed by atoms with Gasteiger partial charge < -0.3 is 4.74 Å². The molecule has 164 valence electrons. The van der Waals surface area contributed by atoms with Crippen LogP contribution in [0.15, 0.2) is 24.3 Å². The molecule has 1 aliphatic heterocycles. The molecule has 3 aliphatic rings. The van der Waals surface area contributed by atoms with E-state index in [0.29, 0.717) is 10.6 Å². The maximum Gasteiger partial charge on any atom is 0.308 e. The summed E-state index contributed by atoms with van der Waals surface area (Å²) in [4.78, 5) is 62.0. The Morgan fingerprint density at radius 3 is 2.23 bits per heavy atom. The van der Waals surface area contributed by atoms with E-state index < -0.39 is 24.4 Å². The molecule has 0 aromatic heterocycles. The summed E-state index contributed by atoms with van der Waals surface area (Å²) in [5.74, 6) is -2.23. The van der Waals surface area contributed by atoms with Crippen LogP contribution in [0.4, 0.5) is 0 Å². The lowest BCUT2D eigenvalue weighted by molar-refractivity contribution is -0.150. The van der Waals surface area contributed by atoms with Crippen LogP contribution in [0.25, 0.3) is 0 Å². The van der Waals surface area contributed by atoms with E-state index in [4.69, 9.17) is 16.3 Å². The predicted molar refractivity (Wildman–Crippen MR) is 107 cm³/mol. The van der Waals surface area contributed by atoms with Crippen LogP contribution < -0.4 is 10.9 Å². The molecule has 2 saturated carbocycles. The number of imide groups is 1. The van der Waals surface area contributed by atoms with Gasteiger partial charge in [-0.3, -0.25) is 39.7 Å². The smallest absolute Gasteiger partial charge is 0.308 e. The predicted octanol–water partition coefficient (Wildman–Crippen LogP) is 1.07. The zero-order valence-corrected chi connectivity index (χ0v) is 17.4. The molecular formula is C21H22ClN3O6. The van der Waals surface area contributed by atoms with Crippen molar-refractivity contribution in [3.05, 3.63) is 34.9 Å². The van der Waals surface area contributed by atoms with Gasteiger partial charge in [0.05, 0.1) is 18.3 Å². The van der Waals surface area contributed by atoms with Crippen LogP contribution in [0.5, 0.6) is 0 Å². The molecule has 2 N–H and O–H groups in total. The third-order valence-corrected chi connectivity index (χ3v) is 6.60. The topological polar surface area (TPSA) is 122 Å². The van der Waals surface area contributed by atoms with E-state index in [0.717, 1.165) is 19.3 Å². The van der Waals surface area contributed by atoms with Crippen molar-refractivity contribution in [1.82, 2.24) is 15.8 Å². The van der Waals surface area contributed by atoms with Gasteiger partial charge in [0.2, 0.25) is 11.8 Å². The van der Waals surface area contributed by atoms with E-state index in [1.54, 1.807) is 0 Å². The zero-order valence-electron chi connectivity index (χ0n) is 16.6. The second-order valence-electron chi connectivity index (χ2n) is 8.13. The number of benzene rings is 1. The van der Waals surface area contributed by atoms with Gasteiger partial charge in [0.15, 0.2) is 6.61 Å². The van der Waals surface area contributed by atoms with Crippen LogP contribution in [0, 0.1) is 23.7 Å². The minimum absolute atomic E-state index is 0.0438. The van der Waals surface area contributed by atoms with Gasteiger partial charge in [-0.2, -0.15) is 0 Å². The summed E-state index contributed by atoms with van der Waals surface area (Å²) in [6.45, 7) is -0.644. The number of hydrazine groups is 1. The summed E-state index contributed by atoms with van der Waals surface area (Å²) in [7, 11) is 0. The summed E-state index contributed by atoms with van der Waals surface area (Å²) < 4.78 is 4.87. The number of amides is 4. The number of likely N-dealkylation sites (tertiary alicyclic amines) is 1. The van der Waals surface area contributed by atoms with Crippen LogP contribution >= 0.6 is 11.6 Å². The summed E-state index contributed by atoms with van der Waals surface area (Å²) in [5.41, 5.74) is 4.63. The summed E-state index contributed by atoms with van der Waals surface area (Å²) >= 11 is 5.75. The fraction of sp³-hybridized carbons (Fsp3) is 0.476. The fourth-order valence-electron chi connectivity index (χ4n) is 4.95. The van der Waals surface area contributed by atoms with Crippen molar-refractivity contribution in [3.8, 4) is 0 Å². The van der Waals surface area contributed by atoms with E-state index in [-0.39, 0.29) is 48.5 Å². The lowest BCUT2D eigenvalue weighted by Gasteiger charge is -2.19. The largest absolute Gasteiger partial charge is 0.455 e. The number of carbonyl (C=O) groups excluding carboxylic acids is 5. The third-order valence-electron chi connectivity index (χ3n) is 6.34. The molecule has 4 amide bonds. The minimum atomic E-state index is -0.727. The Hall–Kier alpha value is -2.94. The van der Waals surface area contributed by atoms with Crippen LogP contribution in [0.2, 0.25) is 5.02 Å². The number of fused-ring (bicyclic) bond motifs is 5. The first kappa shape index (κ1) is 21.3. The normalized spacial score (nSPS) is 26.0. The molecular weight excluding hydrogens is 426 g/mol. The highest BCUT2D eigenvalue weighted by Gasteiger charge is 2.60. The molecule has 1 heterocycles. The molecule has 1 aromatic rings. The number of esters is 1. The Kier molecular flexibility index (Phi) is 5.95. The molecule has 3 fully saturated rings. The fourth-order valence-corrected chi connectivity index (χ4v) is 5.07. The van der Waals surface area contributed by atoms with E-state index in [1.807, 2.05) is 0 Å². The Morgan fingerprint density at radius 1 is 1.00 bits per heavy atom. The first-order valence-corrected chi connectivity index (χ1v) is 10.6. The third kappa shape index (κ3) is 4.27. The van der Waals surface area contributed by atoms with E-state index in [2.05, 4.69) is 10.9 Å². The van der Waals surface area contributed by atoms with Crippen molar-refractivity contribution in [3.63, 3.8) is 0 Å². The SMILES string of the molecule is O=C(COC(=O)CCN1C(=O)[C@@H]2[C@H]3CC[C@@H](C3)[C@@H]2C1=O)NNC(=O)c1ccc(Cl)cc1. The Balaban J connectivity index is 1.17. The van der Waals surface area contributed by atoms with Crippen LogP contribution in [0.1, 0.15) is 36.0 Å². The first-order chi connectivity index (χ1) is 14.8. The van der Waals surface area contributed by atoms with E-state index in [1.165, 1.54) is 29.2 Å². The summed E-state index contributed by atoms with van der Waals surface area (Å²) in [5, 5.41) is 0.473. The monoisotopic (exact) mass is 447 g/mol. The molecule has 31 heavy (non-hydrogen) atoms. The lowest BCUT2D eigenvalue weighted by atomic mass is 9.81. The molecule has 2 bridgehead atoms. The van der Waals surface area contributed by atoms with Crippen LogP contribution in [0.3, 0.4) is 0 Å². The van der Waals surface area contributed by atoms with Gasteiger partial charge >= 0.3 is 5.97 Å². The van der Waals surface area contributed by atoms with Crippen molar-refractivity contribution >= 4 is 41.2 Å². The second kappa shape index (κ2) is 8.66. The van der Waals surface area contributed by atoms with Crippen molar-refractivity contribution in [2.45, 2.75) is 25.7 Å². The minimum Gasteiger partial charge on any atom is -0.455 e. The number of ether oxygens (including phenoxy) is 1. The number of carbonyl (C=O) groups is 5. The number of hydrogen-bond acceptors (Lipinski definition) is 6. The van der Waals surface area contributed by atoms with Gasteiger partial charge in [-0.1, -0.05) is 11.6 Å². The van der Waals surface area contributed by atoms with E-state index in [9.17, 15) is 24.0 Å². The zero-order chi connectivity index (χ0) is 22.1. The van der Waals surface area contributed by atoms with Gasteiger partial charge in [0.1, 0.15) is 0 Å². The van der Waals surface area contributed by atoms with Crippen LogP contribution in [-0.2, 0) is 23.9 Å². The van der Waals surface area contributed by atoms with Crippen molar-refractivity contribution in [1.29, 1.82) is 0 Å². The summed E-state index contributed by atoms with van der Waals surface area (Å²) in [6.07, 6.45) is 2.75. The van der Waals surface area contributed by atoms with E-state index >= 15 is 0 Å². The van der Waals surface area contributed by atoms with Gasteiger partial charge in [-0.15, -0.1) is 0 Å². The van der Waals surface area contributed by atoms with Crippen molar-refractivity contribution < 1.29 is 28.7 Å². The molecule has 2 aliphatic carbocycles. The number of nitrogens with zero attached hydrogens (tertiary/aromatic N) is 1. The molecule has 0 spiro atoms. The molecule has 0 radical (unpaired) electrons. The lowest BCUT2D eigenvalue weighted by Crippen LogP contribution is -2.43. The highest BCUT2D eigenvalue weighted by Crippen LogP contribution is 2.56. The highest BCUT2D eigenvalue weighted by molar-refractivity contribution is 6.30. The number of nitrogens with one attached hydrogen (secondary N) is 2. The molecule has 1 aromatic carbocycles. The average molecular weight is 448 g/mol. The Bertz CT molecular complexity index is 906. The van der Waals surface area contributed by atoms with Gasteiger partial charge in [-0.25, -0.2) is 0 Å². The standard InChI is InChI=1S/C21H22ClN3O6/c22-14-5-3-11(4-6-14)19(28)24-23-15(26)10-31-16(27)7-8-25-20(29)17-12-1-2-13(9-12)18(17)21(25)30/h3-6,12-13,17-18H,1-2,7-10H2,(H,23,26)(H,24,28)/t12-,13-,17-,18+/m0/s1. The highest BCUT2D eigenvalue weighted by atomic mass is 35.5. The molecule has 0 unspecified atom stereocenters. The number of hydrogen-bond donors (Lipinski definition) is 2. The molecule has 4 rings (SSSR count). The quantitative estimate of drug-likeness (QED) is 0.382. The van der Waals surface area contributed by atoms with Gasteiger partial charge in [-0.05, 0) is 55.4 Å². The van der Waals surface area contributed by atoms with Gasteiger partial charge in [0.25, 0.3) is 11.8 Å². The number of rotatable bonds is 6. The Labute approximate surface area is 183 Å². The maximum absolute atomic E-state index is 12.6. The molecule has 1 saturated heterocycles. The molecule has 10 heteroatoms. The van der Waals surface area contributed by atoms with Crippen molar-refractivity contribution in [2.24, 2.45) is 23.7 Å². The average Bonchev–Trinajstić information content (AvgIpc) is 3.44. The Morgan fingerprint density at radius 2 is 1.61 bits per heavy atom. The van der Waals surface area contributed by atoms with Crippen molar-refractivity contribution in [2.75, 3.05) is 13.2 Å². The first-order valence-electron chi connectivity index (χ1n) is 10.2. The number of halogens is 1. The molecule has 4 atom stereocenters. The second-order valence-corrected chi connectivity index (χ2v) is 8.57. The maximum atomic E-state index is 12.6. The van der Waals surface area contributed by atoms with Gasteiger partial charge in [0, 0.05) is 17.1 Å². The molecule has 9 nitrogen and oxygen atoms in total.